The molecule has 8 nitrogen and oxygen atoms in total. The number of hydrogen-bond acceptors (Lipinski definition) is 7. The van der Waals surface area contributed by atoms with Crippen molar-refractivity contribution in [3.63, 3.8) is 0 Å². The van der Waals surface area contributed by atoms with E-state index in [0.29, 0.717) is 49.6 Å². The second-order valence-corrected chi connectivity index (χ2v) is 7.39. The summed E-state index contributed by atoms with van der Waals surface area (Å²) in [6.45, 7) is 2.71. The molecule has 0 bridgehead atoms. The molecule has 32 heavy (non-hydrogen) atoms. The average molecular weight is 435 g/mol. The number of nitrogens with zero attached hydrogens (tertiary/aromatic N) is 3. The zero-order valence-electron chi connectivity index (χ0n) is 17.9. The van der Waals surface area contributed by atoms with Crippen molar-refractivity contribution in [2.45, 2.75) is 19.6 Å². The van der Waals surface area contributed by atoms with Crippen molar-refractivity contribution < 1.29 is 18.7 Å². The Morgan fingerprint density at radius 2 is 2.12 bits per heavy atom. The van der Waals surface area contributed by atoms with E-state index in [0.717, 1.165) is 5.76 Å². The van der Waals surface area contributed by atoms with Crippen molar-refractivity contribution in [3.05, 3.63) is 88.0 Å². The summed E-state index contributed by atoms with van der Waals surface area (Å²) < 4.78 is 17.8. The Bertz CT molecular complexity index is 1140. The number of rotatable bonds is 7. The topological polar surface area (TPSA) is 86.8 Å². The van der Waals surface area contributed by atoms with Crippen molar-refractivity contribution in [3.8, 4) is 5.75 Å². The predicted molar refractivity (Wildman–Crippen MR) is 118 cm³/mol. The molecule has 0 radical (unpaired) electrons. The van der Waals surface area contributed by atoms with Gasteiger partial charge in [-0.1, -0.05) is 12.1 Å². The van der Waals surface area contributed by atoms with Gasteiger partial charge < -0.3 is 18.5 Å². The van der Waals surface area contributed by atoms with Gasteiger partial charge in [0, 0.05) is 50.6 Å². The van der Waals surface area contributed by atoms with E-state index in [-0.39, 0.29) is 17.9 Å². The highest BCUT2D eigenvalue weighted by atomic mass is 16.5. The number of carbonyl (C=O) groups is 1. The number of hydrogen-bond donors (Lipinski definition) is 0. The molecule has 0 aromatic carbocycles. The van der Waals surface area contributed by atoms with Gasteiger partial charge in [0.05, 0.1) is 19.1 Å². The number of pyridine rings is 2. The monoisotopic (exact) mass is 435 g/mol. The van der Waals surface area contributed by atoms with Gasteiger partial charge in [0.25, 0.3) is 5.56 Å². The third-order valence-electron chi connectivity index (χ3n) is 5.37. The number of methoxy groups -OCH3 is 1. The molecule has 0 amide bonds. The van der Waals surface area contributed by atoms with Crippen LogP contribution in [0.25, 0.3) is 6.08 Å². The number of carbonyl (C=O) groups excluding carboxylic acids is 1. The van der Waals surface area contributed by atoms with Crippen LogP contribution in [-0.4, -0.2) is 47.2 Å². The van der Waals surface area contributed by atoms with Gasteiger partial charge in [0.1, 0.15) is 23.7 Å². The maximum absolute atomic E-state index is 12.9. The van der Waals surface area contributed by atoms with Crippen LogP contribution in [0.5, 0.6) is 5.75 Å². The van der Waals surface area contributed by atoms with Gasteiger partial charge in [0.2, 0.25) is 0 Å². The average Bonchev–Trinajstić information content (AvgIpc) is 3.24. The summed E-state index contributed by atoms with van der Waals surface area (Å²) in [5.41, 5.74) is 1.44. The lowest BCUT2D eigenvalue weighted by Gasteiger charge is -2.17. The van der Waals surface area contributed by atoms with E-state index in [4.69, 9.17) is 13.9 Å². The molecule has 3 aromatic rings. The largest absolute Gasteiger partial charge is 0.486 e. The lowest BCUT2D eigenvalue weighted by atomic mass is 10.1. The third kappa shape index (κ3) is 4.97. The third-order valence-corrected chi connectivity index (χ3v) is 5.37. The number of fused-ring (bicyclic) bond motifs is 1. The molecule has 4 rings (SSSR count). The fourth-order valence-electron chi connectivity index (χ4n) is 3.75. The second-order valence-electron chi connectivity index (χ2n) is 7.39. The predicted octanol–water partition coefficient (Wildman–Crippen LogP) is 2.77. The second kappa shape index (κ2) is 10.1. The SMILES string of the molecule is COC(=O)c1c(OCc2ccccn2)cc(=O)n2c1CCN(CC=Cc1ccco1)CC2. The molecule has 0 saturated carbocycles. The maximum atomic E-state index is 12.9. The van der Waals surface area contributed by atoms with Crippen LogP contribution in [0.1, 0.15) is 27.5 Å². The Kier molecular flexibility index (Phi) is 6.81. The molecule has 0 aliphatic carbocycles. The zero-order chi connectivity index (χ0) is 22.3. The summed E-state index contributed by atoms with van der Waals surface area (Å²) in [5.74, 6) is 0.503. The minimum absolute atomic E-state index is 0.150. The molecule has 166 valence electrons. The maximum Gasteiger partial charge on any atom is 0.343 e. The minimum Gasteiger partial charge on any atom is -0.486 e. The first-order valence-corrected chi connectivity index (χ1v) is 10.5. The molecule has 0 fully saturated rings. The molecule has 0 N–H and O–H groups in total. The van der Waals surface area contributed by atoms with Gasteiger partial charge >= 0.3 is 5.97 Å². The first-order chi connectivity index (χ1) is 15.7. The fraction of sp³-hybridized carbons (Fsp3) is 0.292. The van der Waals surface area contributed by atoms with E-state index in [9.17, 15) is 9.59 Å². The van der Waals surface area contributed by atoms with Gasteiger partial charge in [-0.3, -0.25) is 14.7 Å². The molecule has 1 aliphatic rings. The summed E-state index contributed by atoms with van der Waals surface area (Å²) in [6.07, 6.45) is 7.78. The number of ether oxygens (including phenoxy) is 2. The number of aromatic nitrogens is 2. The molecular weight excluding hydrogens is 410 g/mol. The molecular formula is C24H25N3O5. The molecule has 1 aliphatic heterocycles. The standard InChI is InChI=1S/C24H25N3O5/c1-30-24(29)23-20-9-12-26(11-4-7-19-8-5-15-31-19)13-14-27(20)22(28)16-21(23)32-17-18-6-2-3-10-25-18/h2-8,10,15-16H,9,11-14,17H2,1H3. The highest BCUT2D eigenvalue weighted by molar-refractivity contribution is 5.93. The summed E-state index contributed by atoms with van der Waals surface area (Å²) in [5, 5.41) is 0. The molecule has 0 spiro atoms. The van der Waals surface area contributed by atoms with Gasteiger partial charge in [0.15, 0.2) is 0 Å². The summed E-state index contributed by atoms with van der Waals surface area (Å²) in [6, 6.07) is 10.6. The van der Waals surface area contributed by atoms with E-state index in [1.165, 1.54) is 13.2 Å². The summed E-state index contributed by atoms with van der Waals surface area (Å²) in [7, 11) is 1.33. The Morgan fingerprint density at radius 3 is 2.88 bits per heavy atom. The number of esters is 1. The van der Waals surface area contributed by atoms with Crippen LogP contribution in [0.2, 0.25) is 0 Å². The van der Waals surface area contributed by atoms with Crippen LogP contribution in [0.15, 0.2) is 64.1 Å². The van der Waals surface area contributed by atoms with Gasteiger partial charge in [-0.25, -0.2) is 4.79 Å². The molecule has 0 saturated heterocycles. The Morgan fingerprint density at radius 1 is 1.22 bits per heavy atom. The Hall–Kier alpha value is -3.65. The molecule has 8 heteroatoms. The van der Waals surface area contributed by atoms with Crippen LogP contribution < -0.4 is 10.3 Å². The van der Waals surface area contributed by atoms with E-state index in [2.05, 4.69) is 9.88 Å². The highest BCUT2D eigenvalue weighted by Gasteiger charge is 2.26. The smallest absolute Gasteiger partial charge is 0.343 e. The van der Waals surface area contributed by atoms with Gasteiger partial charge in [-0.2, -0.15) is 0 Å². The summed E-state index contributed by atoms with van der Waals surface area (Å²) >= 11 is 0. The quantitative estimate of drug-likeness (QED) is 0.528. The summed E-state index contributed by atoms with van der Waals surface area (Å²) in [4.78, 5) is 32.0. The van der Waals surface area contributed by atoms with Crippen molar-refractivity contribution >= 4 is 12.0 Å². The molecule has 0 unspecified atom stereocenters. The Balaban J connectivity index is 1.55. The first kappa shape index (κ1) is 21.6. The Labute approximate surface area is 185 Å². The van der Waals surface area contributed by atoms with E-state index < -0.39 is 5.97 Å². The van der Waals surface area contributed by atoms with Crippen molar-refractivity contribution in [1.29, 1.82) is 0 Å². The normalized spacial score (nSPS) is 14.2. The first-order valence-electron chi connectivity index (χ1n) is 10.5. The van der Waals surface area contributed by atoms with Crippen molar-refractivity contribution in [2.24, 2.45) is 0 Å². The van der Waals surface area contributed by atoms with Crippen LogP contribution in [-0.2, 0) is 24.3 Å². The fourth-order valence-corrected chi connectivity index (χ4v) is 3.75. The molecule has 3 aromatic heterocycles. The van der Waals surface area contributed by atoms with Crippen LogP contribution >= 0.6 is 0 Å². The minimum atomic E-state index is -0.518. The number of furan rings is 1. The highest BCUT2D eigenvalue weighted by Crippen LogP contribution is 2.24. The van der Waals surface area contributed by atoms with E-state index >= 15 is 0 Å². The molecule has 4 heterocycles. The lowest BCUT2D eigenvalue weighted by molar-refractivity contribution is 0.0592. The zero-order valence-corrected chi connectivity index (χ0v) is 17.9. The van der Waals surface area contributed by atoms with Crippen LogP contribution in [0, 0.1) is 0 Å². The van der Waals surface area contributed by atoms with E-state index in [1.54, 1.807) is 17.0 Å². The van der Waals surface area contributed by atoms with Gasteiger partial charge in [-0.15, -0.1) is 0 Å². The van der Waals surface area contributed by atoms with Crippen LogP contribution in [0.3, 0.4) is 0 Å². The molecule has 0 atom stereocenters. The van der Waals surface area contributed by atoms with Crippen LogP contribution in [0.4, 0.5) is 0 Å². The lowest BCUT2D eigenvalue weighted by Crippen LogP contribution is -2.29. The van der Waals surface area contributed by atoms with E-state index in [1.807, 2.05) is 42.5 Å². The van der Waals surface area contributed by atoms with Crippen molar-refractivity contribution in [1.82, 2.24) is 14.5 Å². The van der Waals surface area contributed by atoms with Gasteiger partial charge in [-0.05, 0) is 30.3 Å². The van der Waals surface area contributed by atoms with Crippen molar-refractivity contribution in [2.75, 3.05) is 26.7 Å².